The third-order valence-electron chi connectivity index (χ3n) is 4.36. The highest BCUT2D eigenvalue weighted by molar-refractivity contribution is 5.63. The molecule has 1 aromatic carbocycles. The molecule has 0 amide bonds. The maximum Gasteiger partial charge on any atom is 0.0991 e. The molecule has 0 bridgehead atoms. The van der Waals surface area contributed by atoms with Crippen molar-refractivity contribution in [1.29, 1.82) is 5.26 Å². The van der Waals surface area contributed by atoms with Gasteiger partial charge in [-0.05, 0) is 25.6 Å². The number of nitriles is 1. The number of rotatable bonds is 5. The number of benzene rings is 1. The third kappa shape index (κ3) is 3.82. The average molecular weight is 325 g/mol. The lowest BCUT2D eigenvalue weighted by atomic mass is 10.1. The SMILES string of the molecule is CN(Cc1cn(C)nc1-c1ccc(C#N)cc1)C[C@@H]1C[C@@H](O)CN1. The Morgan fingerprint density at radius 2 is 2.17 bits per heavy atom. The Bertz CT molecular complexity index is 731. The van der Waals surface area contributed by atoms with Crippen LogP contribution in [-0.2, 0) is 13.6 Å². The summed E-state index contributed by atoms with van der Waals surface area (Å²) in [5.74, 6) is 0. The first-order valence-corrected chi connectivity index (χ1v) is 8.18. The maximum absolute atomic E-state index is 9.62. The molecule has 2 N–H and O–H groups in total. The predicted molar refractivity (Wildman–Crippen MR) is 92.1 cm³/mol. The minimum Gasteiger partial charge on any atom is -0.392 e. The number of likely N-dealkylation sites (N-methyl/N-ethyl adjacent to an activating group) is 1. The van der Waals surface area contributed by atoms with Crippen molar-refractivity contribution in [2.24, 2.45) is 7.05 Å². The van der Waals surface area contributed by atoms with Gasteiger partial charge in [0.1, 0.15) is 0 Å². The molecule has 1 fully saturated rings. The summed E-state index contributed by atoms with van der Waals surface area (Å²) in [6.07, 6.45) is 2.62. The quantitative estimate of drug-likeness (QED) is 0.861. The minimum atomic E-state index is -0.226. The van der Waals surface area contributed by atoms with Gasteiger partial charge in [-0.2, -0.15) is 10.4 Å². The van der Waals surface area contributed by atoms with Gasteiger partial charge in [0.15, 0.2) is 0 Å². The Hall–Kier alpha value is -2.20. The molecule has 126 valence electrons. The number of nitrogens with one attached hydrogen (secondary N) is 1. The van der Waals surface area contributed by atoms with Crippen molar-refractivity contribution >= 4 is 0 Å². The number of hydrogen-bond donors (Lipinski definition) is 2. The van der Waals surface area contributed by atoms with Crippen LogP contribution in [0, 0.1) is 11.3 Å². The Morgan fingerprint density at radius 3 is 2.79 bits per heavy atom. The topological polar surface area (TPSA) is 77.1 Å². The van der Waals surface area contributed by atoms with Crippen LogP contribution in [0.4, 0.5) is 0 Å². The first-order valence-electron chi connectivity index (χ1n) is 8.18. The molecular formula is C18H23N5O. The van der Waals surface area contributed by atoms with E-state index in [1.54, 1.807) is 0 Å². The number of aromatic nitrogens is 2. The van der Waals surface area contributed by atoms with Crippen LogP contribution in [0.15, 0.2) is 30.5 Å². The number of β-amino-alcohol motifs (C(OH)–C–C–N with tert-alkyl or cyclic N) is 1. The first-order chi connectivity index (χ1) is 11.5. The van der Waals surface area contributed by atoms with Crippen molar-refractivity contribution in [3.05, 3.63) is 41.6 Å². The largest absolute Gasteiger partial charge is 0.392 e. The smallest absolute Gasteiger partial charge is 0.0991 e. The number of aliphatic hydroxyl groups excluding tert-OH is 1. The van der Waals surface area contributed by atoms with E-state index < -0.39 is 0 Å². The molecule has 1 aromatic heterocycles. The second-order valence-corrected chi connectivity index (χ2v) is 6.56. The molecule has 0 spiro atoms. The molecule has 0 radical (unpaired) electrons. The van der Waals surface area contributed by atoms with Crippen molar-refractivity contribution in [1.82, 2.24) is 20.0 Å². The van der Waals surface area contributed by atoms with E-state index >= 15 is 0 Å². The Balaban J connectivity index is 1.72. The van der Waals surface area contributed by atoms with E-state index in [9.17, 15) is 5.11 Å². The number of hydrogen-bond acceptors (Lipinski definition) is 5. The molecule has 0 saturated carbocycles. The molecule has 24 heavy (non-hydrogen) atoms. The fraction of sp³-hybridized carbons (Fsp3) is 0.444. The van der Waals surface area contributed by atoms with Crippen molar-refractivity contribution in [2.75, 3.05) is 20.1 Å². The summed E-state index contributed by atoms with van der Waals surface area (Å²) in [5.41, 5.74) is 3.78. The third-order valence-corrected chi connectivity index (χ3v) is 4.36. The summed E-state index contributed by atoms with van der Waals surface area (Å²) in [4.78, 5) is 2.25. The van der Waals surface area contributed by atoms with Gasteiger partial charge in [-0.3, -0.25) is 4.68 Å². The normalized spacial score (nSPS) is 20.5. The number of nitrogens with zero attached hydrogens (tertiary/aromatic N) is 4. The van der Waals surface area contributed by atoms with E-state index in [4.69, 9.17) is 5.26 Å². The summed E-state index contributed by atoms with van der Waals surface area (Å²) in [6, 6.07) is 10.0. The highest BCUT2D eigenvalue weighted by Crippen LogP contribution is 2.23. The van der Waals surface area contributed by atoms with E-state index in [0.717, 1.165) is 36.3 Å². The molecule has 6 heteroatoms. The molecule has 6 nitrogen and oxygen atoms in total. The molecule has 3 rings (SSSR count). The van der Waals surface area contributed by atoms with Crippen molar-refractivity contribution < 1.29 is 5.11 Å². The highest BCUT2D eigenvalue weighted by Gasteiger charge is 2.23. The van der Waals surface area contributed by atoms with Crippen LogP contribution in [0.2, 0.25) is 0 Å². The average Bonchev–Trinajstić information content (AvgIpc) is 3.13. The number of aryl methyl sites for hydroxylation is 1. The van der Waals surface area contributed by atoms with Gasteiger partial charge in [0.05, 0.1) is 23.4 Å². The lowest BCUT2D eigenvalue weighted by molar-refractivity contribution is 0.189. The molecule has 1 aliphatic heterocycles. The van der Waals surface area contributed by atoms with Gasteiger partial charge in [-0.1, -0.05) is 12.1 Å². The van der Waals surface area contributed by atoms with Gasteiger partial charge in [0, 0.05) is 50.0 Å². The van der Waals surface area contributed by atoms with Crippen LogP contribution in [0.3, 0.4) is 0 Å². The summed E-state index contributed by atoms with van der Waals surface area (Å²) in [5, 5.41) is 26.5. The standard InChI is InChI=1S/C18H23N5O/c1-22(12-16-7-17(24)9-20-16)10-15-11-23(2)21-18(15)14-5-3-13(8-19)4-6-14/h3-6,11,16-17,20,24H,7,9-10,12H2,1-2H3/t16-,17+/m0/s1. The molecule has 2 heterocycles. The Kier molecular flexibility index (Phi) is 4.95. The second-order valence-electron chi connectivity index (χ2n) is 6.56. The van der Waals surface area contributed by atoms with E-state index in [2.05, 4.69) is 28.4 Å². The van der Waals surface area contributed by atoms with E-state index in [-0.39, 0.29) is 6.10 Å². The van der Waals surface area contributed by atoms with Gasteiger partial charge in [-0.15, -0.1) is 0 Å². The Labute approximate surface area is 142 Å². The molecule has 2 atom stereocenters. The van der Waals surface area contributed by atoms with Gasteiger partial charge in [0.25, 0.3) is 0 Å². The second kappa shape index (κ2) is 7.14. The van der Waals surface area contributed by atoms with Crippen LogP contribution in [0.1, 0.15) is 17.5 Å². The van der Waals surface area contributed by atoms with Crippen LogP contribution in [0.5, 0.6) is 0 Å². The first kappa shape index (κ1) is 16.7. The summed E-state index contributed by atoms with van der Waals surface area (Å²) >= 11 is 0. The van der Waals surface area contributed by atoms with Crippen LogP contribution < -0.4 is 5.32 Å². The van der Waals surface area contributed by atoms with Crippen LogP contribution in [-0.4, -0.2) is 52.1 Å². The van der Waals surface area contributed by atoms with Gasteiger partial charge in [0.2, 0.25) is 0 Å². The monoisotopic (exact) mass is 325 g/mol. The summed E-state index contributed by atoms with van der Waals surface area (Å²) < 4.78 is 1.83. The fourth-order valence-corrected chi connectivity index (χ4v) is 3.27. The highest BCUT2D eigenvalue weighted by atomic mass is 16.3. The molecular weight excluding hydrogens is 302 g/mol. The molecule has 1 saturated heterocycles. The zero-order valence-corrected chi connectivity index (χ0v) is 14.1. The Morgan fingerprint density at radius 1 is 1.42 bits per heavy atom. The maximum atomic E-state index is 9.62. The zero-order chi connectivity index (χ0) is 17.1. The minimum absolute atomic E-state index is 0.226. The predicted octanol–water partition coefficient (Wildman–Crippen LogP) is 1.11. The fourth-order valence-electron chi connectivity index (χ4n) is 3.27. The molecule has 0 aliphatic carbocycles. The van der Waals surface area contributed by atoms with Gasteiger partial charge in [-0.25, -0.2) is 0 Å². The van der Waals surface area contributed by atoms with Crippen molar-refractivity contribution in [3.63, 3.8) is 0 Å². The van der Waals surface area contributed by atoms with E-state index in [0.29, 0.717) is 18.2 Å². The van der Waals surface area contributed by atoms with E-state index in [1.807, 2.05) is 42.2 Å². The molecule has 2 aromatic rings. The van der Waals surface area contributed by atoms with Gasteiger partial charge < -0.3 is 15.3 Å². The number of aliphatic hydroxyl groups is 1. The van der Waals surface area contributed by atoms with Crippen molar-refractivity contribution in [3.8, 4) is 17.3 Å². The lowest BCUT2D eigenvalue weighted by Gasteiger charge is -2.20. The molecule has 0 unspecified atom stereocenters. The lowest BCUT2D eigenvalue weighted by Crippen LogP contribution is -2.34. The van der Waals surface area contributed by atoms with Crippen LogP contribution >= 0.6 is 0 Å². The summed E-state index contributed by atoms with van der Waals surface area (Å²) in [6.45, 7) is 2.36. The summed E-state index contributed by atoms with van der Waals surface area (Å²) in [7, 11) is 4.01. The van der Waals surface area contributed by atoms with Gasteiger partial charge >= 0.3 is 0 Å². The zero-order valence-electron chi connectivity index (χ0n) is 14.1. The molecule has 1 aliphatic rings. The van der Waals surface area contributed by atoms with Crippen molar-refractivity contribution in [2.45, 2.75) is 25.1 Å². The van der Waals surface area contributed by atoms with E-state index in [1.165, 1.54) is 0 Å². The van der Waals surface area contributed by atoms with Crippen LogP contribution in [0.25, 0.3) is 11.3 Å².